The molecule has 0 aliphatic rings. The third kappa shape index (κ3) is 4.79. The van der Waals surface area contributed by atoms with Crippen molar-refractivity contribution in [1.82, 2.24) is 5.32 Å². The van der Waals surface area contributed by atoms with Gasteiger partial charge < -0.3 is 10.2 Å². The Morgan fingerprint density at radius 3 is 1.96 bits per heavy atom. The summed E-state index contributed by atoms with van der Waals surface area (Å²) in [6, 6.07) is 15.5. The van der Waals surface area contributed by atoms with Gasteiger partial charge in [-0.25, -0.2) is 0 Å². The minimum absolute atomic E-state index is 0.499. The molecule has 5 heteroatoms. The van der Waals surface area contributed by atoms with E-state index >= 15 is 0 Å². The van der Waals surface area contributed by atoms with Crippen LogP contribution in [-0.2, 0) is 9.59 Å². The van der Waals surface area contributed by atoms with Gasteiger partial charge in [0.2, 0.25) is 0 Å². The van der Waals surface area contributed by atoms with Gasteiger partial charge in [-0.15, -0.1) is 0 Å². The maximum atomic E-state index is 11.5. The number of carboxylic acids is 2. The monoisotopic (exact) mass is 311 g/mol. The highest BCUT2D eigenvalue weighted by molar-refractivity contribution is 5.80. The lowest BCUT2D eigenvalue weighted by Crippen LogP contribution is -2.40. The molecule has 2 atom stereocenters. The average Bonchev–Trinajstić information content (AvgIpc) is 2.56. The maximum Gasteiger partial charge on any atom is 0.325 e. The first-order valence-corrected chi connectivity index (χ1v) is 7.08. The van der Waals surface area contributed by atoms with Crippen molar-refractivity contribution >= 4 is 18.0 Å². The molecule has 0 saturated carbocycles. The Morgan fingerprint density at radius 2 is 1.43 bits per heavy atom. The summed E-state index contributed by atoms with van der Waals surface area (Å²) in [5, 5.41) is 21.3. The molecule has 118 valence electrons. The fourth-order valence-electron chi connectivity index (χ4n) is 2.12. The summed E-state index contributed by atoms with van der Waals surface area (Å²) < 4.78 is 0. The molecule has 2 unspecified atom stereocenters. The average molecular weight is 311 g/mol. The van der Waals surface area contributed by atoms with Crippen LogP contribution in [0.4, 0.5) is 0 Å². The molecular weight excluding hydrogens is 294 g/mol. The molecule has 2 rings (SSSR count). The number of benzene rings is 2. The number of carbonyl (C=O) groups is 2. The van der Waals surface area contributed by atoms with Crippen LogP contribution in [0.15, 0.2) is 66.7 Å². The van der Waals surface area contributed by atoms with Gasteiger partial charge in [-0.3, -0.25) is 14.9 Å². The number of hydrogen-bond acceptors (Lipinski definition) is 3. The van der Waals surface area contributed by atoms with Crippen molar-refractivity contribution in [2.75, 3.05) is 0 Å². The van der Waals surface area contributed by atoms with Crippen LogP contribution in [0.5, 0.6) is 0 Å². The predicted octanol–water partition coefficient (Wildman–Crippen LogP) is 2.57. The topological polar surface area (TPSA) is 86.6 Å². The molecule has 0 aliphatic heterocycles. The number of rotatable bonds is 7. The second kappa shape index (κ2) is 7.91. The van der Waals surface area contributed by atoms with Gasteiger partial charge >= 0.3 is 11.9 Å². The van der Waals surface area contributed by atoms with E-state index in [0.717, 1.165) is 5.56 Å². The van der Waals surface area contributed by atoms with Crippen LogP contribution in [0.3, 0.4) is 0 Å². The van der Waals surface area contributed by atoms with Crippen LogP contribution in [0.2, 0.25) is 0 Å². The van der Waals surface area contributed by atoms with Gasteiger partial charge in [0, 0.05) is 0 Å². The lowest BCUT2D eigenvalue weighted by atomic mass is 10.1. The Bertz CT molecular complexity index is 683. The zero-order valence-corrected chi connectivity index (χ0v) is 12.3. The van der Waals surface area contributed by atoms with Gasteiger partial charge in [0.15, 0.2) is 0 Å². The van der Waals surface area contributed by atoms with E-state index < -0.39 is 24.0 Å². The molecule has 0 spiro atoms. The molecular formula is C18H17NO4. The molecule has 5 nitrogen and oxygen atoms in total. The number of aliphatic carboxylic acids is 2. The first-order valence-electron chi connectivity index (χ1n) is 7.08. The van der Waals surface area contributed by atoms with Gasteiger partial charge in [-0.05, 0) is 11.1 Å². The molecule has 0 aliphatic carbocycles. The molecule has 3 N–H and O–H groups in total. The van der Waals surface area contributed by atoms with Crippen LogP contribution in [0, 0.1) is 0 Å². The van der Waals surface area contributed by atoms with E-state index in [1.54, 1.807) is 36.4 Å². The summed E-state index contributed by atoms with van der Waals surface area (Å²) in [7, 11) is 0. The Hall–Kier alpha value is -2.92. The third-order valence-electron chi connectivity index (χ3n) is 3.27. The van der Waals surface area contributed by atoms with Crippen LogP contribution < -0.4 is 5.32 Å². The first kappa shape index (κ1) is 16.5. The minimum Gasteiger partial charge on any atom is -0.480 e. The van der Waals surface area contributed by atoms with Gasteiger partial charge in [0.05, 0.1) is 0 Å². The summed E-state index contributed by atoms with van der Waals surface area (Å²) in [5.41, 5.74) is 1.34. The second-order valence-corrected chi connectivity index (χ2v) is 4.93. The number of carboxylic acid groups (broad SMARTS) is 2. The van der Waals surface area contributed by atoms with Crippen LogP contribution in [0.25, 0.3) is 6.08 Å². The third-order valence-corrected chi connectivity index (χ3v) is 3.27. The van der Waals surface area contributed by atoms with Gasteiger partial charge in [-0.2, -0.15) is 0 Å². The fraction of sp³-hybridized carbons (Fsp3) is 0.111. The van der Waals surface area contributed by atoms with Crippen LogP contribution in [-0.4, -0.2) is 28.2 Å². The molecule has 0 amide bonds. The lowest BCUT2D eigenvalue weighted by molar-refractivity contribution is -0.141. The van der Waals surface area contributed by atoms with Gasteiger partial charge in [0.1, 0.15) is 12.1 Å². The molecule has 23 heavy (non-hydrogen) atoms. The van der Waals surface area contributed by atoms with Crippen molar-refractivity contribution in [3.63, 3.8) is 0 Å². The molecule has 0 aromatic heterocycles. The van der Waals surface area contributed by atoms with Crippen molar-refractivity contribution < 1.29 is 19.8 Å². The zero-order chi connectivity index (χ0) is 16.7. The van der Waals surface area contributed by atoms with Crippen molar-refractivity contribution in [2.24, 2.45) is 0 Å². The van der Waals surface area contributed by atoms with E-state index in [0.29, 0.717) is 5.56 Å². The smallest absolute Gasteiger partial charge is 0.325 e. The number of hydrogen-bond donors (Lipinski definition) is 3. The highest BCUT2D eigenvalue weighted by Crippen LogP contribution is 2.14. The lowest BCUT2D eigenvalue weighted by Gasteiger charge is -2.18. The summed E-state index contributed by atoms with van der Waals surface area (Å²) in [5.74, 6) is -2.27. The quantitative estimate of drug-likeness (QED) is 0.731. The SMILES string of the molecule is O=C(O)C(/C=C/c1ccccc1)NC(C(=O)O)c1ccccc1. The Labute approximate surface area is 133 Å². The van der Waals surface area contributed by atoms with E-state index in [2.05, 4.69) is 5.32 Å². The molecule has 0 heterocycles. The Balaban J connectivity index is 2.19. The van der Waals surface area contributed by atoms with E-state index in [4.69, 9.17) is 0 Å². The van der Waals surface area contributed by atoms with Crippen LogP contribution >= 0.6 is 0 Å². The van der Waals surface area contributed by atoms with Gasteiger partial charge in [0.25, 0.3) is 0 Å². The Kier molecular flexibility index (Phi) is 5.66. The summed E-state index contributed by atoms with van der Waals surface area (Å²) >= 11 is 0. The van der Waals surface area contributed by atoms with Crippen molar-refractivity contribution in [3.05, 3.63) is 77.9 Å². The molecule has 2 aromatic carbocycles. The van der Waals surface area contributed by atoms with Crippen LogP contribution in [0.1, 0.15) is 17.2 Å². The van der Waals surface area contributed by atoms with E-state index in [1.807, 2.05) is 30.3 Å². The van der Waals surface area contributed by atoms with E-state index in [9.17, 15) is 19.8 Å². The standard InChI is InChI=1S/C18H17NO4/c20-17(21)15(12-11-13-7-3-1-4-8-13)19-16(18(22)23)14-9-5-2-6-10-14/h1-12,15-16,19H,(H,20,21)(H,22,23)/b12-11+. The summed E-state index contributed by atoms with van der Waals surface area (Å²) in [4.78, 5) is 22.9. The first-order chi connectivity index (χ1) is 11.1. The zero-order valence-electron chi connectivity index (χ0n) is 12.3. The largest absolute Gasteiger partial charge is 0.480 e. The molecule has 0 fully saturated rings. The van der Waals surface area contributed by atoms with E-state index in [-0.39, 0.29) is 0 Å². The van der Waals surface area contributed by atoms with Crippen molar-refractivity contribution in [3.8, 4) is 0 Å². The Morgan fingerprint density at radius 1 is 0.870 bits per heavy atom. The highest BCUT2D eigenvalue weighted by atomic mass is 16.4. The van der Waals surface area contributed by atoms with Crippen molar-refractivity contribution in [2.45, 2.75) is 12.1 Å². The normalized spacial score (nSPS) is 13.6. The maximum absolute atomic E-state index is 11.5. The second-order valence-electron chi connectivity index (χ2n) is 4.93. The van der Waals surface area contributed by atoms with Crippen molar-refractivity contribution in [1.29, 1.82) is 0 Å². The molecule has 2 aromatic rings. The number of nitrogens with one attached hydrogen (secondary N) is 1. The summed E-state index contributed by atoms with van der Waals surface area (Å²) in [6.45, 7) is 0. The van der Waals surface area contributed by atoms with E-state index in [1.165, 1.54) is 6.08 Å². The highest BCUT2D eigenvalue weighted by Gasteiger charge is 2.25. The van der Waals surface area contributed by atoms with Gasteiger partial charge in [-0.1, -0.05) is 72.8 Å². The summed E-state index contributed by atoms with van der Waals surface area (Å²) in [6.07, 6.45) is 3.09. The molecule has 0 radical (unpaired) electrons. The molecule has 0 bridgehead atoms. The molecule has 0 saturated heterocycles. The fourth-order valence-corrected chi connectivity index (χ4v) is 2.12. The minimum atomic E-state index is -1.14. The predicted molar refractivity (Wildman–Crippen MR) is 86.9 cm³/mol.